The molecule has 24 heavy (non-hydrogen) atoms. The first-order valence-electron chi connectivity index (χ1n) is 7.75. The van der Waals surface area contributed by atoms with Gasteiger partial charge in [-0.3, -0.25) is 4.79 Å². The van der Waals surface area contributed by atoms with Crippen molar-refractivity contribution in [3.63, 3.8) is 0 Å². The minimum Gasteiger partial charge on any atom is -0.494 e. The molecule has 0 aliphatic heterocycles. The van der Waals surface area contributed by atoms with Crippen molar-refractivity contribution in [3.8, 4) is 11.8 Å². The minimum absolute atomic E-state index is 0.237. The molecule has 0 fully saturated rings. The molecule has 4 nitrogen and oxygen atoms in total. The third-order valence-electron chi connectivity index (χ3n) is 3.56. The molecule has 0 aliphatic rings. The van der Waals surface area contributed by atoms with Gasteiger partial charge in [-0.2, -0.15) is 5.26 Å². The molecule has 0 bridgehead atoms. The standard InChI is InChI=1S/C19H16N2O2S/c1-2-11-23-14-9-7-13(8-10-14)18(22)15(12-20)19-21-16-5-3-4-6-17(16)24-19/h3-10,15H,2,11H2,1H3/t15-/m1/s1. The van der Waals surface area contributed by atoms with Crippen LogP contribution in [0.25, 0.3) is 10.2 Å². The molecule has 0 amide bonds. The number of thiazole rings is 1. The van der Waals surface area contributed by atoms with Gasteiger partial charge in [-0.15, -0.1) is 11.3 Å². The molecular formula is C19H16N2O2S. The first-order valence-corrected chi connectivity index (χ1v) is 8.56. The molecule has 0 N–H and O–H groups in total. The Bertz CT molecular complexity index is 861. The molecule has 1 atom stereocenters. The number of carbonyl (C=O) groups excluding carboxylic acids is 1. The molecule has 0 unspecified atom stereocenters. The van der Waals surface area contributed by atoms with E-state index in [9.17, 15) is 10.1 Å². The lowest BCUT2D eigenvalue weighted by Gasteiger charge is -2.07. The quantitative estimate of drug-likeness (QED) is 0.618. The van der Waals surface area contributed by atoms with Crippen LogP contribution >= 0.6 is 11.3 Å². The van der Waals surface area contributed by atoms with E-state index in [1.165, 1.54) is 11.3 Å². The topological polar surface area (TPSA) is 63.0 Å². The second-order valence-corrected chi connectivity index (χ2v) is 6.38. The van der Waals surface area contributed by atoms with Gasteiger partial charge < -0.3 is 4.74 Å². The molecule has 1 aromatic heterocycles. The number of aromatic nitrogens is 1. The Kier molecular flexibility index (Phi) is 4.88. The van der Waals surface area contributed by atoms with Gasteiger partial charge in [0.2, 0.25) is 0 Å². The highest BCUT2D eigenvalue weighted by Crippen LogP contribution is 2.29. The lowest BCUT2D eigenvalue weighted by molar-refractivity contribution is 0.0979. The van der Waals surface area contributed by atoms with Crippen LogP contribution in [-0.4, -0.2) is 17.4 Å². The molecule has 3 aromatic rings. The highest BCUT2D eigenvalue weighted by atomic mass is 32.1. The molecule has 0 saturated heterocycles. The van der Waals surface area contributed by atoms with Crippen LogP contribution < -0.4 is 4.74 Å². The number of hydrogen-bond donors (Lipinski definition) is 0. The number of para-hydroxylation sites is 1. The van der Waals surface area contributed by atoms with Gasteiger partial charge in [0.25, 0.3) is 0 Å². The maximum absolute atomic E-state index is 12.7. The second kappa shape index (κ2) is 7.24. The lowest BCUT2D eigenvalue weighted by atomic mass is 9.99. The van der Waals surface area contributed by atoms with Crippen molar-refractivity contribution in [2.75, 3.05) is 6.61 Å². The van der Waals surface area contributed by atoms with Gasteiger partial charge in [0.15, 0.2) is 11.7 Å². The van der Waals surface area contributed by atoms with Crippen LogP contribution in [0.4, 0.5) is 0 Å². The van der Waals surface area contributed by atoms with Gasteiger partial charge in [0, 0.05) is 5.56 Å². The Morgan fingerprint density at radius 2 is 2.00 bits per heavy atom. The maximum atomic E-state index is 12.7. The van der Waals surface area contributed by atoms with E-state index in [1.807, 2.05) is 31.2 Å². The summed E-state index contributed by atoms with van der Waals surface area (Å²) < 4.78 is 6.49. The van der Waals surface area contributed by atoms with Crippen LogP contribution in [0.3, 0.4) is 0 Å². The van der Waals surface area contributed by atoms with E-state index in [-0.39, 0.29) is 5.78 Å². The maximum Gasteiger partial charge on any atom is 0.186 e. The van der Waals surface area contributed by atoms with Crippen LogP contribution in [0, 0.1) is 11.3 Å². The van der Waals surface area contributed by atoms with Crippen molar-refractivity contribution >= 4 is 27.3 Å². The molecule has 0 spiro atoms. The summed E-state index contributed by atoms with van der Waals surface area (Å²) in [4.78, 5) is 17.1. The SMILES string of the molecule is CCCOc1ccc(C(=O)[C@@H](C#N)c2nc3ccccc3s2)cc1. The van der Waals surface area contributed by atoms with Crippen LogP contribution in [0.5, 0.6) is 5.75 Å². The van der Waals surface area contributed by atoms with Crippen molar-refractivity contribution in [2.45, 2.75) is 19.3 Å². The number of fused-ring (bicyclic) bond motifs is 1. The van der Waals surface area contributed by atoms with Gasteiger partial charge in [0.1, 0.15) is 10.8 Å². The zero-order valence-electron chi connectivity index (χ0n) is 13.2. The van der Waals surface area contributed by atoms with Gasteiger partial charge in [-0.1, -0.05) is 19.1 Å². The monoisotopic (exact) mass is 336 g/mol. The number of ketones is 1. The van der Waals surface area contributed by atoms with E-state index in [2.05, 4.69) is 11.1 Å². The van der Waals surface area contributed by atoms with E-state index in [4.69, 9.17) is 4.74 Å². The van der Waals surface area contributed by atoms with Crippen molar-refractivity contribution in [1.82, 2.24) is 4.98 Å². The number of ether oxygens (including phenoxy) is 1. The summed E-state index contributed by atoms with van der Waals surface area (Å²) >= 11 is 1.39. The zero-order valence-corrected chi connectivity index (χ0v) is 14.0. The summed E-state index contributed by atoms with van der Waals surface area (Å²) in [5.74, 6) is -0.398. The molecule has 2 aromatic carbocycles. The van der Waals surface area contributed by atoms with Crippen molar-refractivity contribution in [1.29, 1.82) is 5.26 Å². The highest BCUT2D eigenvalue weighted by Gasteiger charge is 2.25. The highest BCUT2D eigenvalue weighted by molar-refractivity contribution is 7.18. The fraction of sp³-hybridized carbons (Fsp3) is 0.211. The Morgan fingerprint density at radius 1 is 1.25 bits per heavy atom. The summed E-state index contributed by atoms with van der Waals surface area (Å²) in [7, 11) is 0. The number of nitriles is 1. The number of nitrogens with zero attached hydrogens (tertiary/aromatic N) is 2. The van der Waals surface area contributed by atoms with Crippen LogP contribution in [-0.2, 0) is 0 Å². The number of hydrogen-bond acceptors (Lipinski definition) is 5. The molecule has 5 heteroatoms. The predicted octanol–water partition coefficient (Wildman–Crippen LogP) is 4.58. The van der Waals surface area contributed by atoms with Gasteiger partial charge in [0.05, 0.1) is 22.9 Å². The minimum atomic E-state index is -0.884. The molecule has 0 aliphatic carbocycles. The summed E-state index contributed by atoms with van der Waals surface area (Å²) in [5.41, 5.74) is 1.30. The summed E-state index contributed by atoms with van der Waals surface area (Å²) in [6.07, 6.45) is 0.925. The Balaban J connectivity index is 1.85. The average Bonchev–Trinajstić information content (AvgIpc) is 3.04. The number of rotatable bonds is 6. The normalized spacial score (nSPS) is 11.8. The fourth-order valence-electron chi connectivity index (χ4n) is 2.34. The smallest absolute Gasteiger partial charge is 0.186 e. The summed E-state index contributed by atoms with van der Waals surface area (Å²) in [6, 6.07) is 16.6. The van der Waals surface area contributed by atoms with Crippen LogP contribution in [0.2, 0.25) is 0 Å². The van der Waals surface area contributed by atoms with Crippen LogP contribution in [0.15, 0.2) is 48.5 Å². The predicted molar refractivity (Wildman–Crippen MR) is 94.5 cm³/mol. The van der Waals surface area contributed by atoms with Gasteiger partial charge in [-0.25, -0.2) is 4.98 Å². The molecular weight excluding hydrogens is 320 g/mol. The zero-order chi connectivity index (χ0) is 16.9. The third-order valence-corrected chi connectivity index (χ3v) is 4.66. The summed E-state index contributed by atoms with van der Waals surface area (Å²) in [6.45, 7) is 2.67. The van der Waals surface area contributed by atoms with E-state index in [0.29, 0.717) is 17.2 Å². The molecule has 0 saturated carbocycles. The average molecular weight is 336 g/mol. The Morgan fingerprint density at radius 3 is 2.67 bits per heavy atom. The fourth-order valence-corrected chi connectivity index (χ4v) is 3.35. The van der Waals surface area contributed by atoms with E-state index >= 15 is 0 Å². The second-order valence-electron chi connectivity index (χ2n) is 5.32. The first kappa shape index (κ1) is 16.2. The molecule has 120 valence electrons. The largest absolute Gasteiger partial charge is 0.494 e. The Hall–Kier alpha value is -2.71. The number of Topliss-reactive ketones (excluding diaryl/α,β-unsaturated/α-hetero) is 1. The van der Waals surface area contributed by atoms with Gasteiger partial charge >= 0.3 is 0 Å². The lowest BCUT2D eigenvalue weighted by Crippen LogP contribution is -2.11. The van der Waals surface area contributed by atoms with Crippen molar-refractivity contribution in [3.05, 3.63) is 59.1 Å². The third kappa shape index (κ3) is 3.29. The Labute approximate surface area is 144 Å². The van der Waals surface area contributed by atoms with Crippen LogP contribution in [0.1, 0.15) is 34.6 Å². The van der Waals surface area contributed by atoms with E-state index < -0.39 is 5.92 Å². The molecule has 3 rings (SSSR count). The van der Waals surface area contributed by atoms with Gasteiger partial charge in [-0.05, 0) is 42.8 Å². The first-order chi connectivity index (χ1) is 11.7. The molecule has 1 heterocycles. The van der Waals surface area contributed by atoms with E-state index in [0.717, 1.165) is 22.4 Å². The number of carbonyl (C=O) groups is 1. The number of benzene rings is 2. The summed E-state index contributed by atoms with van der Waals surface area (Å²) in [5, 5.41) is 10.0. The molecule has 0 radical (unpaired) electrons. The van der Waals surface area contributed by atoms with E-state index in [1.54, 1.807) is 24.3 Å². The van der Waals surface area contributed by atoms with Crippen molar-refractivity contribution in [2.24, 2.45) is 0 Å². The van der Waals surface area contributed by atoms with Crippen molar-refractivity contribution < 1.29 is 9.53 Å².